The molecule has 0 aromatic carbocycles. The molecule has 0 N–H and O–H groups in total. The van der Waals surface area contributed by atoms with E-state index in [4.69, 9.17) is 6.42 Å². The molecule has 0 rings (SSSR count). The van der Waals surface area contributed by atoms with Gasteiger partial charge in [-0.3, -0.25) is 5.92 Å². The lowest BCUT2D eigenvalue weighted by atomic mass is 10.4. The maximum absolute atomic E-state index is 6.48. The summed E-state index contributed by atoms with van der Waals surface area (Å²) in [6, 6.07) is 0. The summed E-state index contributed by atoms with van der Waals surface area (Å²) in [7, 11) is 0. The molecule has 0 amide bonds. The average Bonchev–Trinajstić information content (AvgIpc) is 1.68. The van der Waals surface area contributed by atoms with Gasteiger partial charge in [0.1, 0.15) is 0 Å². The SMILES string of the molecule is [C-]#C/C=C(/Br)CC. The van der Waals surface area contributed by atoms with Gasteiger partial charge in [-0.2, -0.15) is 6.08 Å². The van der Waals surface area contributed by atoms with Gasteiger partial charge in [0, 0.05) is 0 Å². The molecule has 0 unspecified atom stereocenters. The average molecular weight is 158 g/mol. The third-order valence-corrected chi connectivity index (χ3v) is 1.36. The molecule has 0 radical (unpaired) electrons. The Kier molecular flexibility index (Phi) is 3.83. The summed E-state index contributed by atoms with van der Waals surface area (Å²) in [5.74, 6) is 2.16. The topological polar surface area (TPSA) is 0 Å². The first kappa shape index (κ1) is 6.78. The molecule has 0 atom stereocenters. The number of rotatable bonds is 1. The van der Waals surface area contributed by atoms with Crippen molar-refractivity contribution in [2.75, 3.05) is 0 Å². The lowest BCUT2D eigenvalue weighted by Gasteiger charge is -1.89. The highest BCUT2D eigenvalue weighted by Gasteiger charge is 1.71. The Morgan fingerprint density at radius 3 is 2.71 bits per heavy atom. The third-order valence-electron chi connectivity index (χ3n) is 0.567. The Hall–Kier alpha value is -0.220. The highest BCUT2D eigenvalue weighted by molar-refractivity contribution is 9.11. The Balaban J connectivity index is 3.56. The van der Waals surface area contributed by atoms with Crippen LogP contribution in [0.5, 0.6) is 0 Å². The Labute approximate surface area is 52.7 Å². The van der Waals surface area contributed by atoms with Crippen molar-refractivity contribution in [3.05, 3.63) is 17.0 Å². The predicted octanol–water partition coefficient (Wildman–Crippen LogP) is 2.26. The van der Waals surface area contributed by atoms with E-state index in [-0.39, 0.29) is 0 Å². The molecular weight excluding hydrogens is 152 g/mol. The van der Waals surface area contributed by atoms with Gasteiger partial charge < -0.3 is 6.42 Å². The zero-order chi connectivity index (χ0) is 5.70. The molecule has 0 nitrogen and oxygen atoms in total. The molecule has 0 heterocycles. The fraction of sp³-hybridized carbons (Fsp3) is 0.333. The van der Waals surface area contributed by atoms with Gasteiger partial charge in [-0.1, -0.05) is 27.3 Å². The van der Waals surface area contributed by atoms with Crippen molar-refractivity contribution in [2.45, 2.75) is 13.3 Å². The summed E-state index contributed by atoms with van der Waals surface area (Å²) >= 11 is 3.22. The van der Waals surface area contributed by atoms with Crippen LogP contribution in [0.1, 0.15) is 13.3 Å². The lowest BCUT2D eigenvalue weighted by Crippen LogP contribution is -1.59. The second kappa shape index (κ2) is 3.95. The molecule has 1 heteroatoms. The van der Waals surface area contributed by atoms with E-state index in [1.54, 1.807) is 6.08 Å². The van der Waals surface area contributed by atoms with Crippen LogP contribution < -0.4 is 0 Å². The van der Waals surface area contributed by atoms with Crippen molar-refractivity contribution in [1.82, 2.24) is 0 Å². The van der Waals surface area contributed by atoms with Crippen LogP contribution in [-0.4, -0.2) is 0 Å². The van der Waals surface area contributed by atoms with Crippen LogP contribution in [0.15, 0.2) is 10.6 Å². The van der Waals surface area contributed by atoms with E-state index < -0.39 is 0 Å². The number of hydrogen-bond acceptors (Lipinski definition) is 0. The molecule has 0 fully saturated rings. The minimum atomic E-state index is 0.936. The molecule has 0 aliphatic heterocycles. The zero-order valence-corrected chi connectivity index (χ0v) is 5.75. The van der Waals surface area contributed by atoms with Crippen molar-refractivity contribution in [2.24, 2.45) is 0 Å². The first-order valence-corrected chi connectivity index (χ1v) is 2.87. The van der Waals surface area contributed by atoms with Crippen LogP contribution in [0, 0.1) is 12.3 Å². The molecule has 0 aromatic rings. The second-order valence-corrected chi connectivity index (χ2v) is 2.11. The first-order valence-electron chi connectivity index (χ1n) is 2.08. The van der Waals surface area contributed by atoms with Crippen molar-refractivity contribution >= 4 is 15.9 Å². The zero-order valence-electron chi connectivity index (χ0n) is 4.16. The van der Waals surface area contributed by atoms with E-state index in [2.05, 4.69) is 21.9 Å². The van der Waals surface area contributed by atoms with Crippen molar-refractivity contribution in [3.8, 4) is 5.92 Å². The second-order valence-electron chi connectivity index (χ2n) is 1.09. The van der Waals surface area contributed by atoms with Gasteiger partial charge in [0.15, 0.2) is 0 Å². The van der Waals surface area contributed by atoms with E-state index in [1.165, 1.54) is 0 Å². The largest absolute Gasteiger partial charge is 0.366 e. The van der Waals surface area contributed by atoms with Crippen molar-refractivity contribution in [1.29, 1.82) is 0 Å². The van der Waals surface area contributed by atoms with Crippen LogP contribution in [0.3, 0.4) is 0 Å². The number of hydrogen-bond donors (Lipinski definition) is 0. The summed E-state index contributed by atoms with van der Waals surface area (Å²) < 4.78 is 1.02. The predicted molar refractivity (Wildman–Crippen MR) is 34.4 cm³/mol. The van der Waals surface area contributed by atoms with Gasteiger partial charge in [0.25, 0.3) is 0 Å². The maximum atomic E-state index is 6.48. The monoisotopic (exact) mass is 157 g/mol. The fourth-order valence-electron chi connectivity index (χ4n) is 0.180. The summed E-state index contributed by atoms with van der Waals surface area (Å²) in [5.41, 5.74) is 0. The van der Waals surface area contributed by atoms with E-state index >= 15 is 0 Å². The molecule has 0 bridgehead atoms. The van der Waals surface area contributed by atoms with Crippen LogP contribution in [0.25, 0.3) is 0 Å². The molecule has 7 heavy (non-hydrogen) atoms. The summed E-state index contributed by atoms with van der Waals surface area (Å²) in [4.78, 5) is 0. The lowest BCUT2D eigenvalue weighted by molar-refractivity contribution is 1.21. The van der Waals surface area contributed by atoms with E-state index in [0.717, 1.165) is 10.9 Å². The van der Waals surface area contributed by atoms with Crippen LogP contribution in [-0.2, 0) is 0 Å². The van der Waals surface area contributed by atoms with Crippen LogP contribution in [0.4, 0.5) is 0 Å². The first-order chi connectivity index (χ1) is 3.31. The van der Waals surface area contributed by atoms with E-state index in [1.807, 2.05) is 6.92 Å². The molecule has 38 valence electrons. The molecule has 0 spiro atoms. The number of halogens is 1. The Bertz CT molecular complexity index is 106. The number of allylic oxidation sites excluding steroid dienone is 2. The Morgan fingerprint density at radius 1 is 2.00 bits per heavy atom. The van der Waals surface area contributed by atoms with Crippen LogP contribution >= 0.6 is 15.9 Å². The summed E-state index contributed by atoms with van der Waals surface area (Å²) in [6.45, 7) is 2.01. The van der Waals surface area contributed by atoms with Gasteiger partial charge in [0.2, 0.25) is 0 Å². The molecular formula is C6H6Br-. The third kappa shape index (κ3) is 3.61. The highest BCUT2D eigenvalue weighted by atomic mass is 79.9. The van der Waals surface area contributed by atoms with Crippen molar-refractivity contribution in [3.63, 3.8) is 0 Å². The standard InChI is InChI=1S/C6H6Br/c1-3-5-6(7)4-2/h5H,4H2,2H3/q-1/b6-5+. The van der Waals surface area contributed by atoms with Crippen LogP contribution in [0.2, 0.25) is 0 Å². The van der Waals surface area contributed by atoms with Gasteiger partial charge in [-0.05, 0) is 6.42 Å². The summed E-state index contributed by atoms with van der Waals surface area (Å²) in [5, 5.41) is 0. The van der Waals surface area contributed by atoms with Gasteiger partial charge in [0.05, 0.1) is 0 Å². The molecule has 0 saturated heterocycles. The quantitative estimate of drug-likeness (QED) is 0.405. The smallest absolute Gasteiger partial charge is 0.0405 e. The Morgan fingerprint density at radius 2 is 2.57 bits per heavy atom. The fourth-order valence-corrected chi connectivity index (χ4v) is 0.295. The van der Waals surface area contributed by atoms with E-state index in [9.17, 15) is 0 Å². The molecule has 0 aliphatic carbocycles. The minimum Gasteiger partial charge on any atom is -0.366 e. The normalized spacial score (nSPS) is 10.7. The maximum Gasteiger partial charge on any atom is -0.0405 e. The minimum absolute atomic E-state index is 0.936. The van der Waals surface area contributed by atoms with Gasteiger partial charge >= 0.3 is 0 Å². The summed E-state index contributed by atoms with van der Waals surface area (Å²) in [6.07, 6.45) is 9.01. The van der Waals surface area contributed by atoms with E-state index in [0.29, 0.717) is 0 Å². The highest BCUT2D eigenvalue weighted by Crippen LogP contribution is 2.06. The van der Waals surface area contributed by atoms with Crippen molar-refractivity contribution < 1.29 is 0 Å². The molecule has 0 saturated carbocycles. The molecule has 0 aliphatic rings. The molecule has 0 aromatic heterocycles. The van der Waals surface area contributed by atoms with Gasteiger partial charge in [-0.25, -0.2) is 0 Å². The van der Waals surface area contributed by atoms with Gasteiger partial charge in [-0.15, -0.1) is 0 Å².